The van der Waals surface area contributed by atoms with Crippen LogP contribution in [0.15, 0.2) is 18.2 Å². The van der Waals surface area contributed by atoms with Crippen molar-refractivity contribution in [2.45, 2.75) is 19.8 Å². The first-order chi connectivity index (χ1) is 9.56. The lowest BCUT2D eigenvalue weighted by Crippen LogP contribution is -2.01. The van der Waals surface area contributed by atoms with Crippen LogP contribution in [0, 0.1) is 9.39 Å². The van der Waals surface area contributed by atoms with Crippen molar-refractivity contribution >= 4 is 34.2 Å². The third kappa shape index (κ3) is 3.20. The third-order valence-corrected chi connectivity index (χ3v) is 4.50. The van der Waals surface area contributed by atoms with E-state index < -0.39 is 5.82 Å². The van der Waals surface area contributed by atoms with E-state index in [9.17, 15) is 4.39 Å². The molecule has 0 aliphatic rings. The Kier molecular flexibility index (Phi) is 5.15. The highest BCUT2D eigenvalue weighted by atomic mass is 127. The molecule has 0 aliphatic heterocycles. The summed E-state index contributed by atoms with van der Waals surface area (Å²) in [4.78, 5) is 8.78. The quantitative estimate of drug-likeness (QED) is 0.554. The number of methoxy groups -OCH3 is 1. The van der Waals surface area contributed by atoms with Gasteiger partial charge in [-0.15, -0.1) is 0 Å². The van der Waals surface area contributed by atoms with E-state index in [1.165, 1.54) is 13.2 Å². The Morgan fingerprint density at radius 1 is 1.35 bits per heavy atom. The second kappa shape index (κ2) is 6.67. The lowest BCUT2D eigenvalue weighted by atomic mass is 10.2. The first-order valence-corrected chi connectivity index (χ1v) is 7.58. The summed E-state index contributed by atoms with van der Waals surface area (Å²) < 4.78 is 19.3. The maximum atomic E-state index is 13.4. The van der Waals surface area contributed by atoms with Crippen molar-refractivity contribution < 1.29 is 9.13 Å². The zero-order valence-electron chi connectivity index (χ0n) is 11.1. The molecule has 0 unspecified atom stereocenters. The first-order valence-electron chi connectivity index (χ1n) is 6.12. The van der Waals surface area contributed by atoms with E-state index in [4.69, 9.17) is 16.3 Å². The number of hydrogen-bond acceptors (Lipinski definition) is 3. The minimum atomic E-state index is -0.415. The van der Waals surface area contributed by atoms with Gasteiger partial charge < -0.3 is 4.74 Å². The van der Waals surface area contributed by atoms with Gasteiger partial charge in [0, 0.05) is 5.56 Å². The van der Waals surface area contributed by atoms with Gasteiger partial charge in [0.2, 0.25) is 0 Å². The molecule has 0 aliphatic carbocycles. The number of halogens is 3. The molecule has 3 nitrogen and oxygen atoms in total. The Hall–Kier alpha value is -0.950. The third-order valence-electron chi connectivity index (χ3n) is 2.78. The number of benzene rings is 1. The molecule has 2 rings (SSSR count). The van der Waals surface area contributed by atoms with Crippen LogP contribution in [0.3, 0.4) is 0 Å². The Morgan fingerprint density at radius 2 is 2.10 bits per heavy atom. The number of aromatic nitrogens is 2. The van der Waals surface area contributed by atoms with Gasteiger partial charge in [-0.2, -0.15) is 0 Å². The van der Waals surface area contributed by atoms with Gasteiger partial charge in [0.15, 0.2) is 17.4 Å². The standard InChI is InChI=1S/C14H13ClFIN2O/c1-3-4-10-12(17)13(15)19-14(18-10)8-5-6-9(16)11(7-8)20-2/h5-7H,3-4H2,1-2H3. The van der Waals surface area contributed by atoms with Gasteiger partial charge in [0.05, 0.1) is 16.4 Å². The number of rotatable bonds is 4. The van der Waals surface area contributed by atoms with Crippen LogP contribution < -0.4 is 4.74 Å². The summed E-state index contributed by atoms with van der Waals surface area (Å²) >= 11 is 8.29. The summed E-state index contributed by atoms with van der Waals surface area (Å²) in [6.45, 7) is 2.08. The highest BCUT2D eigenvalue weighted by Crippen LogP contribution is 2.28. The molecule has 0 fully saturated rings. The van der Waals surface area contributed by atoms with Crippen LogP contribution in [0.1, 0.15) is 19.0 Å². The average molecular weight is 407 g/mol. The van der Waals surface area contributed by atoms with E-state index in [-0.39, 0.29) is 5.75 Å². The van der Waals surface area contributed by atoms with Crippen LogP contribution in [0.4, 0.5) is 4.39 Å². The van der Waals surface area contributed by atoms with E-state index in [0.717, 1.165) is 22.1 Å². The molecule has 1 aromatic heterocycles. The molecule has 1 heterocycles. The van der Waals surface area contributed by atoms with Gasteiger partial charge in [-0.05, 0) is 47.2 Å². The molecule has 0 radical (unpaired) electrons. The predicted octanol–water partition coefficient (Wildman–Crippen LogP) is 4.50. The molecule has 6 heteroatoms. The Labute approximate surface area is 135 Å². The number of nitrogens with zero attached hydrogens (tertiary/aromatic N) is 2. The SMILES string of the molecule is CCCc1nc(-c2ccc(F)c(OC)c2)nc(Cl)c1I. The molecule has 0 saturated heterocycles. The van der Waals surface area contributed by atoms with Gasteiger partial charge in [-0.25, -0.2) is 14.4 Å². The average Bonchev–Trinajstić information content (AvgIpc) is 2.44. The normalized spacial score (nSPS) is 10.7. The van der Waals surface area contributed by atoms with Crippen LogP contribution in [-0.2, 0) is 6.42 Å². The van der Waals surface area contributed by atoms with E-state index in [1.807, 2.05) is 0 Å². The van der Waals surface area contributed by atoms with Crippen molar-refractivity contribution in [2.75, 3.05) is 7.11 Å². The summed E-state index contributed by atoms with van der Waals surface area (Å²) in [6, 6.07) is 4.53. The molecule has 0 atom stereocenters. The molecular weight excluding hydrogens is 394 g/mol. The van der Waals surface area contributed by atoms with Gasteiger partial charge >= 0.3 is 0 Å². The summed E-state index contributed by atoms with van der Waals surface area (Å²) in [7, 11) is 1.42. The molecule has 2 aromatic rings. The smallest absolute Gasteiger partial charge is 0.165 e. The minimum absolute atomic E-state index is 0.165. The predicted molar refractivity (Wildman–Crippen MR) is 85.7 cm³/mol. The fourth-order valence-electron chi connectivity index (χ4n) is 1.79. The molecule has 0 saturated carbocycles. The van der Waals surface area contributed by atoms with Gasteiger partial charge in [-0.3, -0.25) is 0 Å². The van der Waals surface area contributed by atoms with Crippen molar-refractivity contribution in [1.29, 1.82) is 0 Å². The summed E-state index contributed by atoms with van der Waals surface area (Å²) in [5.74, 6) is 0.233. The second-order valence-electron chi connectivity index (χ2n) is 4.20. The molecule has 0 bridgehead atoms. The lowest BCUT2D eigenvalue weighted by molar-refractivity contribution is 0.386. The van der Waals surface area contributed by atoms with Gasteiger partial charge in [0.25, 0.3) is 0 Å². The highest BCUT2D eigenvalue weighted by molar-refractivity contribution is 14.1. The largest absolute Gasteiger partial charge is 0.494 e. The zero-order chi connectivity index (χ0) is 14.7. The van der Waals surface area contributed by atoms with Crippen molar-refractivity contribution in [3.8, 4) is 17.1 Å². The topological polar surface area (TPSA) is 35.0 Å². The zero-order valence-corrected chi connectivity index (χ0v) is 14.0. The summed E-state index contributed by atoms with van der Waals surface area (Å²) in [6.07, 6.45) is 1.79. The number of ether oxygens (including phenoxy) is 1. The Morgan fingerprint density at radius 3 is 2.75 bits per heavy atom. The summed E-state index contributed by atoms with van der Waals surface area (Å²) in [5, 5.41) is 0.419. The lowest BCUT2D eigenvalue weighted by Gasteiger charge is -2.09. The molecular formula is C14H13ClFIN2O. The van der Waals surface area contributed by atoms with Crippen LogP contribution in [0.25, 0.3) is 11.4 Å². The van der Waals surface area contributed by atoms with E-state index >= 15 is 0 Å². The fraction of sp³-hybridized carbons (Fsp3) is 0.286. The molecule has 0 N–H and O–H groups in total. The molecule has 20 heavy (non-hydrogen) atoms. The van der Waals surface area contributed by atoms with Crippen LogP contribution >= 0.6 is 34.2 Å². The molecule has 1 aromatic carbocycles. The van der Waals surface area contributed by atoms with E-state index in [1.54, 1.807) is 12.1 Å². The van der Waals surface area contributed by atoms with E-state index in [0.29, 0.717) is 16.5 Å². The monoisotopic (exact) mass is 406 g/mol. The first kappa shape index (κ1) is 15.4. The van der Waals surface area contributed by atoms with Gasteiger partial charge in [-0.1, -0.05) is 24.9 Å². The maximum Gasteiger partial charge on any atom is 0.165 e. The molecule has 0 amide bonds. The van der Waals surface area contributed by atoms with Crippen molar-refractivity contribution in [1.82, 2.24) is 9.97 Å². The Balaban J connectivity index is 2.52. The van der Waals surface area contributed by atoms with Crippen molar-refractivity contribution in [3.05, 3.63) is 38.4 Å². The van der Waals surface area contributed by atoms with Gasteiger partial charge in [0.1, 0.15) is 5.15 Å². The van der Waals surface area contributed by atoms with Crippen molar-refractivity contribution in [2.24, 2.45) is 0 Å². The van der Waals surface area contributed by atoms with Crippen molar-refractivity contribution in [3.63, 3.8) is 0 Å². The number of hydrogen-bond donors (Lipinski definition) is 0. The second-order valence-corrected chi connectivity index (χ2v) is 5.63. The fourth-order valence-corrected chi connectivity index (χ4v) is 2.49. The molecule has 106 valence electrons. The Bertz CT molecular complexity index is 637. The minimum Gasteiger partial charge on any atom is -0.494 e. The summed E-state index contributed by atoms with van der Waals surface area (Å²) in [5.41, 5.74) is 1.59. The van der Waals surface area contributed by atoms with Crippen LogP contribution in [-0.4, -0.2) is 17.1 Å². The highest BCUT2D eigenvalue weighted by Gasteiger charge is 2.13. The number of aryl methyl sites for hydroxylation is 1. The van der Waals surface area contributed by atoms with E-state index in [2.05, 4.69) is 39.5 Å². The molecule has 0 spiro atoms. The van der Waals surface area contributed by atoms with Crippen LogP contribution in [0.5, 0.6) is 5.75 Å². The van der Waals surface area contributed by atoms with Crippen LogP contribution in [0.2, 0.25) is 5.15 Å². The maximum absolute atomic E-state index is 13.4.